The normalized spacial score (nSPS) is 18.9. The molecule has 5 rings (SSSR count). The molecule has 208 valence electrons. The molecule has 2 amide bonds. The number of benzene rings is 2. The maximum atomic E-state index is 13.0. The molecule has 1 saturated heterocycles. The molecule has 1 N–H and O–H groups in total. The number of carbonyl (C=O) groups excluding carboxylic acids is 2. The molecule has 3 heterocycles. The molecule has 0 aliphatic carbocycles. The Kier molecular flexibility index (Phi) is 9.57. The second-order valence-electron chi connectivity index (χ2n) is 10.8. The zero-order valence-corrected chi connectivity index (χ0v) is 26.8. The summed E-state index contributed by atoms with van der Waals surface area (Å²) < 4.78 is 4.47. The van der Waals surface area contributed by atoms with Crippen molar-refractivity contribution in [2.75, 3.05) is 72.5 Å². The van der Waals surface area contributed by atoms with Crippen LogP contribution in [0.2, 0.25) is 0 Å². The number of hydrogen-bond acceptors (Lipinski definition) is 7. The van der Waals surface area contributed by atoms with Crippen molar-refractivity contribution >= 4 is 22.6 Å². The van der Waals surface area contributed by atoms with Gasteiger partial charge in [-0.3, -0.25) is 14.5 Å². The predicted molar refractivity (Wildman–Crippen MR) is 150 cm³/mol. The molecule has 1 fully saturated rings. The van der Waals surface area contributed by atoms with Gasteiger partial charge in [-0.1, -0.05) is 12.1 Å². The summed E-state index contributed by atoms with van der Waals surface area (Å²) in [6, 6.07) is 9.40. The molecule has 2 aromatic carbocycles. The molecule has 2 aliphatic heterocycles. The third kappa shape index (κ3) is 6.43. The van der Waals surface area contributed by atoms with Crippen LogP contribution < -0.4 is 5.32 Å². The van der Waals surface area contributed by atoms with Crippen LogP contribution in [-0.4, -0.2) is 117 Å². The smallest absolute Gasteiger partial charge is 0.269 e. The fourth-order valence-corrected chi connectivity index (χ4v) is 6.42. The average molecular weight is 597 g/mol. The quantitative estimate of drug-likeness (QED) is 0.356. The Morgan fingerprint density at radius 2 is 1.73 bits per heavy atom. The first kappa shape index (κ1) is 28.8. The summed E-state index contributed by atoms with van der Waals surface area (Å²) in [5.74, 6) is -0.474. The van der Waals surface area contributed by atoms with E-state index in [0.717, 1.165) is 82.1 Å². The van der Waals surface area contributed by atoms with E-state index >= 15 is 0 Å². The fraction of sp³-hybridized carbons (Fsp3) is 0.517. The number of rotatable bonds is 5. The van der Waals surface area contributed by atoms with Crippen LogP contribution in [0.4, 0.5) is 0 Å². The molecule has 0 spiro atoms. The van der Waals surface area contributed by atoms with E-state index in [1.165, 1.54) is 35.9 Å². The summed E-state index contributed by atoms with van der Waals surface area (Å²) >= 11 is 1.22. The molecule has 0 saturated carbocycles. The summed E-state index contributed by atoms with van der Waals surface area (Å²) in [5, 5.41) is 14.1. The van der Waals surface area contributed by atoms with Gasteiger partial charge in [-0.15, -0.1) is 0 Å². The van der Waals surface area contributed by atoms with Crippen LogP contribution in [0.1, 0.15) is 40.5 Å². The average Bonchev–Trinajstić information content (AvgIpc) is 3.43. The SMILES string of the molecule is CCN1C(=O)c2cccc3c(-c4cn(CCN5CCC[N+](=[Zn])CCN(C)CCCNCC5)nn4)ccc(c23)C1=O. The van der Waals surface area contributed by atoms with Gasteiger partial charge in [-0.25, -0.2) is 0 Å². The third-order valence-corrected chi connectivity index (χ3v) is 9.34. The molecule has 0 bridgehead atoms. The van der Waals surface area contributed by atoms with E-state index in [4.69, 9.17) is 0 Å². The van der Waals surface area contributed by atoms with Crippen molar-refractivity contribution < 1.29 is 31.0 Å². The van der Waals surface area contributed by atoms with Crippen molar-refractivity contribution in [1.82, 2.24) is 35.0 Å². The van der Waals surface area contributed by atoms with Gasteiger partial charge in [0.1, 0.15) is 0 Å². The Bertz CT molecular complexity index is 1370. The van der Waals surface area contributed by atoms with Gasteiger partial charge >= 0.3 is 166 Å². The number of likely N-dealkylation sites (N-methyl/N-ethyl adjacent to an activating group) is 1. The molecule has 3 aromatic rings. The topological polar surface area (TPSA) is 89.6 Å². The molecule has 10 nitrogen and oxygen atoms in total. The minimum atomic E-state index is -0.237. The van der Waals surface area contributed by atoms with Crippen molar-refractivity contribution in [2.45, 2.75) is 26.3 Å². The first-order valence-electron chi connectivity index (χ1n) is 14.5. The van der Waals surface area contributed by atoms with Crippen LogP contribution in [0.3, 0.4) is 0 Å². The van der Waals surface area contributed by atoms with E-state index in [0.29, 0.717) is 23.1 Å². The zero-order chi connectivity index (χ0) is 28.1. The number of aromatic nitrogens is 3. The van der Waals surface area contributed by atoms with Crippen molar-refractivity contribution in [3.63, 3.8) is 0 Å². The molecule has 1 aromatic heterocycles. The van der Waals surface area contributed by atoms with E-state index in [1.54, 1.807) is 6.07 Å². The first-order chi connectivity index (χ1) is 19.5. The van der Waals surface area contributed by atoms with Crippen LogP contribution in [-0.2, 0) is 24.7 Å². The van der Waals surface area contributed by atoms with Gasteiger partial charge in [0.25, 0.3) is 11.8 Å². The molecule has 40 heavy (non-hydrogen) atoms. The van der Waals surface area contributed by atoms with Crippen molar-refractivity contribution in [1.29, 1.82) is 0 Å². The number of nitrogens with zero attached hydrogens (tertiary/aromatic N) is 7. The fourth-order valence-electron chi connectivity index (χ4n) is 5.66. The van der Waals surface area contributed by atoms with E-state index in [-0.39, 0.29) is 11.8 Å². The monoisotopic (exact) mass is 595 g/mol. The molecule has 2 aliphatic rings. The number of imide groups is 1. The summed E-state index contributed by atoms with van der Waals surface area (Å²) in [5.41, 5.74) is 2.77. The first-order valence-corrected chi connectivity index (χ1v) is 15.8. The molecular weight excluding hydrogens is 558 g/mol. The zero-order valence-electron chi connectivity index (χ0n) is 23.8. The van der Waals surface area contributed by atoms with E-state index in [9.17, 15) is 9.59 Å². The molecule has 0 atom stereocenters. The Labute approximate surface area is 245 Å². The number of carbonyl (C=O) groups is 2. The van der Waals surface area contributed by atoms with Crippen LogP contribution >= 0.6 is 0 Å². The van der Waals surface area contributed by atoms with Crippen molar-refractivity contribution in [3.05, 3.63) is 47.7 Å². The Morgan fingerprint density at radius 3 is 2.55 bits per heavy atom. The molecule has 0 unspecified atom stereocenters. The Balaban J connectivity index is 1.28. The van der Waals surface area contributed by atoms with Gasteiger partial charge in [0, 0.05) is 23.1 Å². The minimum Gasteiger partial charge on any atom is -0.269 e. The Hall–Kier alpha value is -2.72. The Morgan fingerprint density at radius 1 is 0.925 bits per heavy atom. The van der Waals surface area contributed by atoms with Gasteiger partial charge in [0.2, 0.25) is 0 Å². The predicted octanol–water partition coefficient (Wildman–Crippen LogP) is 2.07. The number of hydrogen-bond donors (Lipinski definition) is 1. The summed E-state index contributed by atoms with van der Waals surface area (Å²) in [6.45, 7) is 12.6. The van der Waals surface area contributed by atoms with Gasteiger partial charge in [0.15, 0.2) is 0 Å². The van der Waals surface area contributed by atoms with Crippen molar-refractivity contribution in [3.8, 4) is 11.3 Å². The van der Waals surface area contributed by atoms with Crippen molar-refractivity contribution in [2.24, 2.45) is 0 Å². The van der Waals surface area contributed by atoms with Gasteiger partial charge in [-0.05, 0) is 19.1 Å². The molecule has 0 radical (unpaired) electrons. The van der Waals surface area contributed by atoms with Gasteiger partial charge in [0.05, 0.1) is 0 Å². The van der Waals surface area contributed by atoms with Crippen LogP contribution in [0, 0.1) is 0 Å². The summed E-state index contributed by atoms with van der Waals surface area (Å²) in [6.07, 6.45) is 4.32. The molecular formula is C29H39N8O2Zn+. The van der Waals surface area contributed by atoms with Gasteiger partial charge in [-0.2, -0.15) is 0 Å². The number of nitrogens with one attached hydrogen (secondary N) is 1. The maximum absolute atomic E-state index is 13.0. The summed E-state index contributed by atoms with van der Waals surface area (Å²) in [7, 11) is 2.23. The number of amides is 2. The van der Waals surface area contributed by atoms with E-state index < -0.39 is 0 Å². The van der Waals surface area contributed by atoms with Crippen LogP contribution in [0.25, 0.3) is 22.0 Å². The van der Waals surface area contributed by atoms with E-state index in [2.05, 4.69) is 35.7 Å². The second kappa shape index (κ2) is 13.3. The minimum absolute atomic E-state index is 0.237. The van der Waals surface area contributed by atoms with Crippen LogP contribution in [0.15, 0.2) is 36.5 Å². The van der Waals surface area contributed by atoms with Gasteiger partial charge < -0.3 is 0 Å². The molecule has 11 heteroatoms. The third-order valence-electron chi connectivity index (χ3n) is 8.01. The van der Waals surface area contributed by atoms with E-state index in [1.807, 2.05) is 42.1 Å². The second-order valence-corrected chi connectivity index (χ2v) is 12.7. The summed E-state index contributed by atoms with van der Waals surface area (Å²) in [4.78, 5) is 32.2. The standard InChI is InChI=1S/C29H39N8O2.Zn/c1-3-37-28(38)24-8-4-7-23-22(9-10-25(27(23)24)29(37)39)26-21-36(33-32-26)20-19-35-16-6-12-30-13-17-34(2)15-5-11-31-14-18-35;/h4,7-10,21,31H,3,5-6,11-20H2,1-2H3;/q-1;+2. The van der Waals surface area contributed by atoms with Crippen LogP contribution in [0.5, 0.6) is 0 Å².